The zero-order valence-corrected chi connectivity index (χ0v) is 17.9. The molecule has 0 bridgehead atoms. The summed E-state index contributed by atoms with van der Waals surface area (Å²) in [4.78, 5) is 27.5. The molecular formula is C24H30N4O2. The number of nitrogens with one attached hydrogen (secondary N) is 1. The van der Waals surface area contributed by atoms with E-state index in [9.17, 15) is 9.59 Å². The summed E-state index contributed by atoms with van der Waals surface area (Å²) in [6.07, 6.45) is 6.36. The van der Waals surface area contributed by atoms with Gasteiger partial charge >= 0.3 is 0 Å². The number of carbonyl (C=O) groups is 2. The number of nitrogens with zero attached hydrogens (tertiary/aromatic N) is 3. The SMILES string of the molecule is Cc1cc(C)n(-c2ccc(NC(=O)C3CCN(C(=O)[C@H]4CC45CCC5)CC3)cc2)n1. The molecule has 0 unspecified atom stereocenters. The topological polar surface area (TPSA) is 67.2 Å². The minimum atomic E-state index is -0.0263. The molecule has 158 valence electrons. The van der Waals surface area contributed by atoms with Crippen LogP contribution in [0.25, 0.3) is 5.69 Å². The zero-order valence-electron chi connectivity index (χ0n) is 17.9. The number of hydrogen-bond donors (Lipinski definition) is 1. The summed E-state index contributed by atoms with van der Waals surface area (Å²) >= 11 is 0. The maximum absolute atomic E-state index is 12.7. The number of piperidine rings is 1. The maximum Gasteiger partial charge on any atom is 0.227 e. The summed E-state index contributed by atoms with van der Waals surface area (Å²) in [5.41, 5.74) is 4.23. The van der Waals surface area contributed by atoms with Crippen molar-refractivity contribution in [1.29, 1.82) is 0 Å². The number of hydrogen-bond acceptors (Lipinski definition) is 3. The summed E-state index contributed by atoms with van der Waals surface area (Å²) in [6.45, 7) is 5.43. The van der Waals surface area contributed by atoms with Gasteiger partial charge in [-0.05, 0) is 81.7 Å². The first-order valence-electron chi connectivity index (χ1n) is 11.2. The van der Waals surface area contributed by atoms with Crippen LogP contribution in [-0.2, 0) is 9.59 Å². The Morgan fingerprint density at radius 2 is 1.80 bits per heavy atom. The van der Waals surface area contributed by atoms with E-state index in [1.54, 1.807) is 0 Å². The van der Waals surface area contributed by atoms with Gasteiger partial charge in [0.15, 0.2) is 0 Å². The molecule has 3 fully saturated rings. The summed E-state index contributed by atoms with van der Waals surface area (Å²) in [5, 5.41) is 7.55. The molecule has 30 heavy (non-hydrogen) atoms. The third kappa shape index (κ3) is 3.42. The van der Waals surface area contributed by atoms with Crippen LogP contribution in [0.15, 0.2) is 30.3 Å². The molecule has 0 radical (unpaired) electrons. The number of amides is 2. The maximum atomic E-state index is 12.7. The molecule has 1 spiro atoms. The predicted octanol–water partition coefficient (Wildman–Crippen LogP) is 3.86. The van der Waals surface area contributed by atoms with Crippen molar-refractivity contribution in [1.82, 2.24) is 14.7 Å². The van der Waals surface area contributed by atoms with Crippen molar-refractivity contribution < 1.29 is 9.59 Å². The van der Waals surface area contributed by atoms with Gasteiger partial charge in [-0.25, -0.2) is 4.68 Å². The lowest BCUT2D eigenvalue weighted by atomic mass is 9.79. The van der Waals surface area contributed by atoms with E-state index in [1.807, 2.05) is 53.8 Å². The molecule has 1 aromatic heterocycles. The van der Waals surface area contributed by atoms with E-state index in [1.165, 1.54) is 19.3 Å². The van der Waals surface area contributed by atoms with Crippen molar-refractivity contribution in [3.05, 3.63) is 41.7 Å². The first-order chi connectivity index (χ1) is 14.4. The molecule has 2 aliphatic carbocycles. The predicted molar refractivity (Wildman–Crippen MR) is 115 cm³/mol. The van der Waals surface area contributed by atoms with E-state index < -0.39 is 0 Å². The van der Waals surface area contributed by atoms with Crippen LogP contribution < -0.4 is 5.32 Å². The fourth-order valence-electron chi connectivity index (χ4n) is 5.28. The minimum absolute atomic E-state index is 0.0263. The van der Waals surface area contributed by atoms with Crippen molar-refractivity contribution in [2.24, 2.45) is 17.3 Å². The van der Waals surface area contributed by atoms with Gasteiger partial charge in [-0.15, -0.1) is 0 Å². The lowest BCUT2D eigenvalue weighted by molar-refractivity contribution is -0.137. The quantitative estimate of drug-likeness (QED) is 0.838. The number of anilines is 1. The van der Waals surface area contributed by atoms with Gasteiger partial charge < -0.3 is 10.2 Å². The smallest absolute Gasteiger partial charge is 0.227 e. The summed E-state index contributed by atoms with van der Waals surface area (Å²) in [7, 11) is 0. The summed E-state index contributed by atoms with van der Waals surface area (Å²) in [6, 6.07) is 9.84. The Morgan fingerprint density at radius 1 is 1.10 bits per heavy atom. The average Bonchev–Trinajstić information content (AvgIpc) is 3.41. The number of aromatic nitrogens is 2. The second kappa shape index (κ2) is 7.25. The van der Waals surface area contributed by atoms with Crippen LogP contribution in [0.1, 0.15) is 49.9 Å². The molecule has 1 atom stereocenters. The molecule has 1 aromatic carbocycles. The normalized spacial score (nSPS) is 22.6. The molecule has 1 aliphatic heterocycles. The van der Waals surface area contributed by atoms with Crippen LogP contribution in [0.3, 0.4) is 0 Å². The molecule has 5 rings (SSSR count). The number of carbonyl (C=O) groups excluding carboxylic acids is 2. The van der Waals surface area contributed by atoms with Crippen molar-refractivity contribution in [2.45, 2.75) is 52.4 Å². The van der Waals surface area contributed by atoms with Crippen molar-refractivity contribution in [3.63, 3.8) is 0 Å². The van der Waals surface area contributed by atoms with E-state index in [2.05, 4.69) is 10.4 Å². The van der Waals surface area contributed by atoms with Crippen LogP contribution in [0.2, 0.25) is 0 Å². The Labute approximate surface area is 177 Å². The van der Waals surface area contributed by atoms with Crippen LogP contribution in [-0.4, -0.2) is 39.6 Å². The molecule has 2 amide bonds. The fraction of sp³-hybridized carbons (Fsp3) is 0.542. The van der Waals surface area contributed by atoms with Gasteiger partial charge in [0.05, 0.1) is 11.4 Å². The zero-order chi connectivity index (χ0) is 20.9. The Hall–Kier alpha value is -2.63. The number of benzene rings is 1. The van der Waals surface area contributed by atoms with Crippen LogP contribution in [0, 0.1) is 31.1 Å². The molecular weight excluding hydrogens is 376 g/mol. The molecule has 3 aliphatic rings. The average molecular weight is 407 g/mol. The van der Waals surface area contributed by atoms with Gasteiger partial charge in [-0.3, -0.25) is 9.59 Å². The number of aryl methyl sites for hydroxylation is 2. The van der Waals surface area contributed by atoms with Gasteiger partial charge in [0.25, 0.3) is 0 Å². The van der Waals surface area contributed by atoms with E-state index in [4.69, 9.17) is 0 Å². The molecule has 1 N–H and O–H groups in total. The minimum Gasteiger partial charge on any atom is -0.342 e. The lowest BCUT2D eigenvalue weighted by Gasteiger charge is -2.33. The van der Waals surface area contributed by atoms with Gasteiger partial charge in [0, 0.05) is 36.3 Å². The molecule has 2 saturated carbocycles. The second-order valence-corrected chi connectivity index (χ2v) is 9.45. The van der Waals surface area contributed by atoms with Crippen LogP contribution in [0.5, 0.6) is 0 Å². The molecule has 6 heteroatoms. The summed E-state index contributed by atoms with van der Waals surface area (Å²) < 4.78 is 1.90. The van der Waals surface area contributed by atoms with E-state index in [0.29, 0.717) is 24.4 Å². The molecule has 1 saturated heterocycles. The highest BCUT2D eigenvalue weighted by molar-refractivity contribution is 5.93. The Morgan fingerprint density at radius 3 is 2.33 bits per heavy atom. The van der Waals surface area contributed by atoms with E-state index >= 15 is 0 Å². The molecule has 2 aromatic rings. The summed E-state index contributed by atoms with van der Waals surface area (Å²) in [5.74, 6) is 0.648. The van der Waals surface area contributed by atoms with Crippen LogP contribution in [0.4, 0.5) is 5.69 Å². The second-order valence-electron chi connectivity index (χ2n) is 9.45. The number of likely N-dealkylation sites (tertiary alicyclic amines) is 1. The van der Waals surface area contributed by atoms with E-state index in [-0.39, 0.29) is 17.7 Å². The first-order valence-corrected chi connectivity index (χ1v) is 11.2. The third-order valence-electron chi connectivity index (χ3n) is 7.40. The van der Waals surface area contributed by atoms with Crippen molar-refractivity contribution in [3.8, 4) is 5.69 Å². The molecule has 2 heterocycles. The van der Waals surface area contributed by atoms with E-state index in [0.717, 1.165) is 42.0 Å². The highest BCUT2D eigenvalue weighted by atomic mass is 16.2. The van der Waals surface area contributed by atoms with Gasteiger partial charge in [-0.2, -0.15) is 5.10 Å². The Kier molecular flexibility index (Phi) is 4.68. The van der Waals surface area contributed by atoms with Crippen molar-refractivity contribution >= 4 is 17.5 Å². The van der Waals surface area contributed by atoms with Gasteiger partial charge in [0.2, 0.25) is 11.8 Å². The highest BCUT2D eigenvalue weighted by Gasteiger charge is 2.61. The van der Waals surface area contributed by atoms with Gasteiger partial charge in [-0.1, -0.05) is 6.42 Å². The fourth-order valence-corrected chi connectivity index (χ4v) is 5.28. The monoisotopic (exact) mass is 406 g/mol. The Balaban J connectivity index is 1.14. The van der Waals surface area contributed by atoms with Crippen molar-refractivity contribution in [2.75, 3.05) is 18.4 Å². The Bertz CT molecular complexity index is 966. The highest BCUT2D eigenvalue weighted by Crippen LogP contribution is 2.66. The number of rotatable bonds is 4. The third-order valence-corrected chi connectivity index (χ3v) is 7.40. The van der Waals surface area contributed by atoms with Gasteiger partial charge in [0.1, 0.15) is 0 Å². The largest absolute Gasteiger partial charge is 0.342 e. The van der Waals surface area contributed by atoms with Crippen LogP contribution >= 0.6 is 0 Å². The lowest BCUT2D eigenvalue weighted by Crippen LogP contribution is -2.43. The standard InChI is InChI=1S/C24H30N4O2/c1-16-14-17(2)28(26-16)20-6-4-19(5-7-20)25-22(29)18-8-12-27(13-9-18)23(30)21-15-24(21)10-3-11-24/h4-7,14,18,21H,3,8-13,15H2,1-2H3,(H,25,29)/t21-/m1/s1. The first kappa shape index (κ1) is 19.3. The molecule has 6 nitrogen and oxygen atoms in total.